The predicted octanol–water partition coefficient (Wildman–Crippen LogP) is 3.39. The van der Waals surface area contributed by atoms with E-state index in [0.29, 0.717) is 5.02 Å². The third-order valence-corrected chi connectivity index (χ3v) is 5.45. The highest BCUT2D eigenvalue weighted by Crippen LogP contribution is 2.20. The Labute approximate surface area is 149 Å². The Morgan fingerprint density at radius 2 is 1.79 bits per heavy atom. The molecule has 0 atom stereocenters. The summed E-state index contributed by atoms with van der Waals surface area (Å²) in [5.74, 6) is -1.20. The molecule has 0 aliphatic rings. The Morgan fingerprint density at radius 1 is 1.17 bits per heavy atom. The van der Waals surface area contributed by atoms with Crippen molar-refractivity contribution < 1.29 is 17.6 Å². The van der Waals surface area contributed by atoms with Crippen LogP contribution in [0.25, 0.3) is 0 Å². The van der Waals surface area contributed by atoms with Crippen molar-refractivity contribution in [2.75, 3.05) is 18.9 Å². The number of sulfonamides is 1. The van der Waals surface area contributed by atoms with Crippen molar-refractivity contribution in [2.45, 2.75) is 4.90 Å². The van der Waals surface area contributed by atoms with Gasteiger partial charge in [-0.3, -0.25) is 4.79 Å². The van der Waals surface area contributed by atoms with Crippen LogP contribution in [-0.2, 0) is 14.8 Å². The lowest BCUT2D eigenvalue weighted by Gasteiger charge is -2.17. The van der Waals surface area contributed by atoms with Crippen LogP contribution in [0.15, 0.2) is 47.4 Å². The van der Waals surface area contributed by atoms with Crippen molar-refractivity contribution in [1.82, 2.24) is 4.31 Å². The second-order valence-corrected chi connectivity index (χ2v) is 7.78. The van der Waals surface area contributed by atoms with Gasteiger partial charge in [0.15, 0.2) is 0 Å². The Kier molecular flexibility index (Phi) is 5.82. The standard InChI is InChI=1S/C15H13Cl2FN2O3S/c1-20(24(22,23)12-5-2-10(16)3-6-12)9-15(21)19-11-4-7-14(18)13(17)8-11/h2-8H,9H2,1H3,(H,19,21). The van der Waals surface area contributed by atoms with Crippen LogP contribution in [-0.4, -0.2) is 32.2 Å². The van der Waals surface area contributed by atoms with Gasteiger partial charge in [-0.15, -0.1) is 0 Å². The van der Waals surface area contributed by atoms with E-state index in [1.165, 1.54) is 43.4 Å². The second kappa shape index (κ2) is 7.48. The largest absolute Gasteiger partial charge is 0.325 e. The summed E-state index contributed by atoms with van der Waals surface area (Å²) < 4.78 is 38.7. The van der Waals surface area contributed by atoms with Crippen LogP contribution in [0.4, 0.5) is 10.1 Å². The summed E-state index contributed by atoms with van der Waals surface area (Å²) in [6, 6.07) is 9.27. The van der Waals surface area contributed by atoms with Gasteiger partial charge in [0.25, 0.3) is 0 Å². The lowest BCUT2D eigenvalue weighted by Crippen LogP contribution is -2.34. The highest BCUT2D eigenvalue weighted by molar-refractivity contribution is 7.89. The first-order valence-corrected chi connectivity index (χ1v) is 8.86. The number of benzene rings is 2. The van der Waals surface area contributed by atoms with Gasteiger partial charge in [0.2, 0.25) is 15.9 Å². The lowest BCUT2D eigenvalue weighted by molar-refractivity contribution is -0.116. The SMILES string of the molecule is CN(CC(=O)Nc1ccc(F)c(Cl)c1)S(=O)(=O)c1ccc(Cl)cc1. The zero-order chi connectivity index (χ0) is 17.9. The molecule has 1 amide bonds. The molecule has 2 aromatic carbocycles. The molecule has 0 aliphatic heterocycles. The number of carbonyl (C=O) groups excluding carboxylic acids is 1. The molecule has 5 nitrogen and oxygen atoms in total. The van der Waals surface area contributed by atoms with E-state index in [1.54, 1.807) is 0 Å². The summed E-state index contributed by atoms with van der Waals surface area (Å²) >= 11 is 11.4. The van der Waals surface area contributed by atoms with Crippen molar-refractivity contribution in [3.63, 3.8) is 0 Å². The molecular weight excluding hydrogens is 378 g/mol. The molecule has 0 radical (unpaired) electrons. The van der Waals surface area contributed by atoms with E-state index >= 15 is 0 Å². The average Bonchev–Trinajstić information content (AvgIpc) is 2.51. The summed E-state index contributed by atoms with van der Waals surface area (Å²) in [7, 11) is -2.55. The smallest absolute Gasteiger partial charge is 0.243 e. The Bertz CT molecular complexity index is 858. The van der Waals surface area contributed by atoms with Gasteiger partial charge in [-0.25, -0.2) is 12.8 Å². The molecule has 0 unspecified atom stereocenters. The van der Waals surface area contributed by atoms with Crippen LogP contribution in [0, 0.1) is 5.82 Å². The van der Waals surface area contributed by atoms with Crippen molar-refractivity contribution in [1.29, 1.82) is 0 Å². The van der Waals surface area contributed by atoms with Crippen LogP contribution >= 0.6 is 23.2 Å². The number of amides is 1. The minimum atomic E-state index is -3.83. The van der Waals surface area contributed by atoms with E-state index < -0.39 is 28.3 Å². The molecule has 2 aromatic rings. The van der Waals surface area contributed by atoms with E-state index in [-0.39, 0.29) is 15.6 Å². The van der Waals surface area contributed by atoms with Crippen molar-refractivity contribution >= 4 is 44.8 Å². The molecule has 128 valence electrons. The molecule has 9 heteroatoms. The second-order valence-electron chi connectivity index (χ2n) is 4.89. The van der Waals surface area contributed by atoms with E-state index in [4.69, 9.17) is 23.2 Å². The molecule has 0 aromatic heterocycles. The monoisotopic (exact) mass is 390 g/mol. The summed E-state index contributed by atoms with van der Waals surface area (Å²) in [5, 5.41) is 2.72. The van der Waals surface area contributed by atoms with E-state index in [2.05, 4.69) is 5.32 Å². The summed E-state index contributed by atoms with van der Waals surface area (Å²) in [6.45, 7) is -0.417. The number of rotatable bonds is 5. The number of nitrogens with one attached hydrogen (secondary N) is 1. The fraction of sp³-hybridized carbons (Fsp3) is 0.133. The zero-order valence-electron chi connectivity index (χ0n) is 12.5. The number of nitrogens with zero attached hydrogens (tertiary/aromatic N) is 1. The molecule has 0 saturated heterocycles. The number of hydrogen-bond acceptors (Lipinski definition) is 3. The minimum Gasteiger partial charge on any atom is -0.325 e. The number of halogens is 3. The molecule has 0 fully saturated rings. The normalized spacial score (nSPS) is 11.5. The van der Waals surface area contributed by atoms with Gasteiger partial charge in [-0.1, -0.05) is 23.2 Å². The topological polar surface area (TPSA) is 66.5 Å². The predicted molar refractivity (Wildman–Crippen MR) is 91.3 cm³/mol. The van der Waals surface area contributed by atoms with E-state index in [9.17, 15) is 17.6 Å². The number of hydrogen-bond donors (Lipinski definition) is 1. The van der Waals surface area contributed by atoms with Gasteiger partial charge in [-0.05, 0) is 42.5 Å². The highest BCUT2D eigenvalue weighted by Gasteiger charge is 2.23. The zero-order valence-corrected chi connectivity index (χ0v) is 14.8. The fourth-order valence-corrected chi connectivity index (χ4v) is 3.28. The maximum Gasteiger partial charge on any atom is 0.243 e. The quantitative estimate of drug-likeness (QED) is 0.850. The molecule has 24 heavy (non-hydrogen) atoms. The number of likely N-dealkylation sites (N-methyl/N-ethyl adjacent to an activating group) is 1. The molecular formula is C15H13Cl2FN2O3S. The molecule has 0 saturated carbocycles. The van der Waals surface area contributed by atoms with Crippen LogP contribution in [0.2, 0.25) is 10.0 Å². The summed E-state index contributed by atoms with van der Waals surface area (Å²) in [4.78, 5) is 12.0. The van der Waals surface area contributed by atoms with Gasteiger partial charge in [0.1, 0.15) is 5.82 Å². The maximum atomic E-state index is 13.1. The molecule has 0 bridgehead atoms. The molecule has 1 N–H and O–H groups in total. The Balaban J connectivity index is 2.07. The van der Waals surface area contributed by atoms with Crippen LogP contribution in [0.3, 0.4) is 0 Å². The van der Waals surface area contributed by atoms with Crippen LogP contribution in [0.1, 0.15) is 0 Å². The van der Waals surface area contributed by atoms with Gasteiger partial charge in [0.05, 0.1) is 16.5 Å². The van der Waals surface area contributed by atoms with E-state index in [1.807, 2.05) is 0 Å². The first kappa shape index (κ1) is 18.7. The maximum absolute atomic E-state index is 13.1. The summed E-state index contributed by atoms with van der Waals surface area (Å²) in [6.07, 6.45) is 0. The third kappa shape index (κ3) is 4.45. The number of carbonyl (C=O) groups is 1. The van der Waals surface area contributed by atoms with Gasteiger partial charge < -0.3 is 5.32 Å². The van der Waals surface area contributed by atoms with Gasteiger partial charge >= 0.3 is 0 Å². The lowest BCUT2D eigenvalue weighted by atomic mass is 10.3. The van der Waals surface area contributed by atoms with Gasteiger partial charge in [0, 0.05) is 17.8 Å². The number of anilines is 1. The minimum absolute atomic E-state index is 0.0204. The average molecular weight is 391 g/mol. The Morgan fingerprint density at radius 3 is 2.38 bits per heavy atom. The van der Waals surface area contributed by atoms with Gasteiger partial charge in [-0.2, -0.15) is 4.31 Å². The van der Waals surface area contributed by atoms with Crippen molar-refractivity contribution in [3.8, 4) is 0 Å². The highest BCUT2D eigenvalue weighted by atomic mass is 35.5. The van der Waals surface area contributed by atoms with Crippen molar-refractivity contribution in [2.24, 2.45) is 0 Å². The Hall–Kier alpha value is -1.67. The molecule has 0 heterocycles. The third-order valence-electron chi connectivity index (χ3n) is 3.09. The van der Waals surface area contributed by atoms with Crippen LogP contribution in [0.5, 0.6) is 0 Å². The van der Waals surface area contributed by atoms with Crippen LogP contribution < -0.4 is 5.32 Å². The fourth-order valence-electron chi connectivity index (χ4n) is 1.85. The molecule has 0 aliphatic carbocycles. The summed E-state index contributed by atoms with van der Waals surface area (Å²) in [5.41, 5.74) is 0.267. The van der Waals surface area contributed by atoms with Crippen molar-refractivity contribution in [3.05, 3.63) is 58.3 Å². The molecule has 0 spiro atoms. The first-order chi connectivity index (χ1) is 11.2. The first-order valence-electron chi connectivity index (χ1n) is 6.67. The van der Waals surface area contributed by atoms with E-state index in [0.717, 1.165) is 10.4 Å². The molecule has 2 rings (SSSR count).